The van der Waals surface area contributed by atoms with Crippen molar-refractivity contribution < 1.29 is 0 Å². The molecule has 0 saturated heterocycles. The molecule has 0 heterocycles. The quantitative estimate of drug-likeness (QED) is 0.267. The molecule has 0 spiro atoms. The Balaban J connectivity index is 3.39. The van der Waals surface area contributed by atoms with E-state index in [1.165, 1.54) is 47.6 Å². The summed E-state index contributed by atoms with van der Waals surface area (Å²) in [5, 5.41) is 0. The van der Waals surface area contributed by atoms with E-state index in [1.807, 2.05) is 0 Å². The van der Waals surface area contributed by atoms with Crippen LogP contribution in [0, 0.1) is 0 Å². The molecule has 0 aliphatic rings. The Hall–Kier alpha value is 1.67. The summed E-state index contributed by atoms with van der Waals surface area (Å²) >= 11 is 10.5. The molecule has 0 aromatic rings. The first-order valence-electron chi connectivity index (χ1n) is 8.25. The number of rotatable bonds is 16. The summed E-state index contributed by atoms with van der Waals surface area (Å²) in [7, 11) is 8.59. The van der Waals surface area contributed by atoms with E-state index >= 15 is 0 Å². The monoisotopic (exact) mass is 416 g/mol. The number of hydrogen-bond acceptors (Lipinski definition) is 7. The molecule has 7 heteroatoms. The van der Waals surface area contributed by atoms with Crippen LogP contribution in [0.25, 0.3) is 0 Å². The zero-order valence-electron chi connectivity index (χ0n) is 15.7. The van der Waals surface area contributed by atoms with Crippen LogP contribution in [0.1, 0.15) is 13.8 Å². The zero-order chi connectivity index (χ0) is 17.5. The van der Waals surface area contributed by atoms with Gasteiger partial charge in [-0.15, -0.1) is 35.3 Å². The van der Waals surface area contributed by atoms with Gasteiger partial charge in [0.1, 0.15) is 0 Å². The van der Waals surface area contributed by atoms with Crippen molar-refractivity contribution in [2.45, 2.75) is 23.0 Å². The third-order valence-corrected chi connectivity index (χ3v) is 9.42. The molecule has 0 aromatic heterocycles. The molecule has 0 saturated carbocycles. The Morgan fingerprint density at radius 1 is 0.609 bits per heavy atom. The van der Waals surface area contributed by atoms with Crippen LogP contribution in [-0.2, 0) is 0 Å². The Morgan fingerprint density at radius 3 is 1.35 bits per heavy atom. The normalized spacial score (nSPS) is 14.6. The van der Waals surface area contributed by atoms with Gasteiger partial charge < -0.3 is 9.80 Å². The summed E-state index contributed by atoms with van der Waals surface area (Å²) in [4.78, 5) is 4.52. The second-order valence-corrected chi connectivity index (χ2v) is 13.5. The Labute approximate surface area is 166 Å². The third-order valence-electron chi connectivity index (χ3n) is 2.91. The van der Waals surface area contributed by atoms with Crippen LogP contribution in [0.5, 0.6) is 0 Å². The van der Waals surface area contributed by atoms with Crippen LogP contribution in [-0.4, -0.2) is 94.8 Å². The number of nitrogens with zero attached hydrogens (tertiary/aromatic N) is 2. The smallest absolute Gasteiger partial charge is 0.0485 e. The van der Waals surface area contributed by atoms with Gasteiger partial charge in [-0.2, -0.15) is 23.5 Å². The van der Waals surface area contributed by atoms with Gasteiger partial charge in [0, 0.05) is 56.8 Å². The lowest BCUT2D eigenvalue weighted by molar-refractivity contribution is 0.437. The van der Waals surface area contributed by atoms with Gasteiger partial charge in [0.15, 0.2) is 0 Å². The standard InChI is InChI=1S/C16H36N2S5/c1-15(21-13-11-19-9-7-17(3)4)23-16(2)22-14-12-20-10-8-18(5)6/h15-16H,7-14H2,1-6H3. The summed E-state index contributed by atoms with van der Waals surface area (Å²) in [6.07, 6.45) is 0. The Bertz CT molecular complexity index is 231. The zero-order valence-corrected chi connectivity index (χ0v) is 19.8. The highest BCUT2D eigenvalue weighted by Crippen LogP contribution is 2.33. The molecule has 2 nitrogen and oxygen atoms in total. The molecule has 2 unspecified atom stereocenters. The molecular formula is C16H36N2S5. The summed E-state index contributed by atoms with van der Waals surface area (Å²) in [5.74, 6) is 7.65. The van der Waals surface area contributed by atoms with E-state index < -0.39 is 0 Å². The van der Waals surface area contributed by atoms with E-state index in [0.29, 0.717) is 9.16 Å². The van der Waals surface area contributed by atoms with Crippen molar-refractivity contribution >= 4 is 58.8 Å². The molecule has 140 valence electrons. The molecule has 23 heavy (non-hydrogen) atoms. The van der Waals surface area contributed by atoms with Gasteiger partial charge in [0.25, 0.3) is 0 Å². The maximum absolute atomic E-state index is 2.36. The van der Waals surface area contributed by atoms with Crippen molar-refractivity contribution in [3.8, 4) is 0 Å². The second-order valence-electron chi connectivity index (χ2n) is 5.84. The molecule has 0 aliphatic carbocycles. The maximum Gasteiger partial charge on any atom is 0.0485 e. The van der Waals surface area contributed by atoms with Crippen LogP contribution in [0.2, 0.25) is 0 Å². The highest BCUT2D eigenvalue weighted by Gasteiger charge is 2.10. The highest BCUT2D eigenvalue weighted by molar-refractivity contribution is 8.24. The Morgan fingerprint density at radius 2 is 1.00 bits per heavy atom. The lowest BCUT2D eigenvalue weighted by Crippen LogP contribution is -2.15. The molecule has 0 rings (SSSR count). The molecule has 0 aromatic carbocycles. The lowest BCUT2D eigenvalue weighted by atomic mass is 10.7. The number of thioether (sulfide) groups is 5. The van der Waals surface area contributed by atoms with Gasteiger partial charge in [0.2, 0.25) is 0 Å². The van der Waals surface area contributed by atoms with Crippen molar-refractivity contribution in [1.82, 2.24) is 9.80 Å². The van der Waals surface area contributed by atoms with E-state index in [4.69, 9.17) is 0 Å². The minimum Gasteiger partial charge on any atom is -0.309 e. The van der Waals surface area contributed by atoms with Crippen LogP contribution in [0.4, 0.5) is 0 Å². The van der Waals surface area contributed by atoms with E-state index in [2.05, 4.69) is 111 Å². The van der Waals surface area contributed by atoms with E-state index in [0.717, 1.165) is 0 Å². The van der Waals surface area contributed by atoms with Gasteiger partial charge in [0.05, 0.1) is 0 Å². The predicted molar refractivity (Wildman–Crippen MR) is 123 cm³/mol. The molecule has 0 amide bonds. The van der Waals surface area contributed by atoms with Crippen LogP contribution >= 0.6 is 58.8 Å². The fourth-order valence-corrected chi connectivity index (χ4v) is 8.32. The van der Waals surface area contributed by atoms with Gasteiger partial charge >= 0.3 is 0 Å². The minimum atomic E-state index is 0.716. The number of hydrogen-bond donors (Lipinski definition) is 0. The van der Waals surface area contributed by atoms with Crippen molar-refractivity contribution in [2.24, 2.45) is 0 Å². The first kappa shape index (κ1) is 24.7. The summed E-state index contributed by atoms with van der Waals surface area (Å²) in [6, 6.07) is 0. The molecule has 0 fully saturated rings. The molecule has 0 aliphatic heterocycles. The van der Waals surface area contributed by atoms with E-state index in [9.17, 15) is 0 Å². The molecule has 0 bridgehead atoms. The summed E-state index contributed by atoms with van der Waals surface area (Å²) < 4.78 is 1.43. The predicted octanol–water partition coefficient (Wildman–Crippen LogP) is 4.47. The highest BCUT2D eigenvalue weighted by atomic mass is 32.2. The summed E-state index contributed by atoms with van der Waals surface area (Å²) in [5.41, 5.74) is 0. The average Bonchev–Trinajstić information content (AvgIpc) is 2.45. The topological polar surface area (TPSA) is 6.48 Å². The minimum absolute atomic E-state index is 0.716. The van der Waals surface area contributed by atoms with Crippen molar-refractivity contribution in [3.63, 3.8) is 0 Å². The molecule has 2 atom stereocenters. The first-order valence-corrected chi connectivity index (χ1v) is 13.6. The molecular weight excluding hydrogens is 381 g/mol. The molecule has 0 radical (unpaired) electrons. The maximum atomic E-state index is 2.36. The third kappa shape index (κ3) is 19.8. The second kappa shape index (κ2) is 17.1. The van der Waals surface area contributed by atoms with Crippen LogP contribution < -0.4 is 0 Å². The van der Waals surface area contributed by atoms with Crippen LogP contribution in [0.15, 0.2) is 0 Å². The van der Waals surface area contributed by atoms with Crippen molar-refractivity contribution in [2.75, 3.05) is 75.8 Å². The van der Waals surface area contributed by atoms with Crippen molar-refractivity contribution in [3.05, 3.63) is 0 Å². The van der Waals surface area contributed by atoms with Crippen molar-refractivity contribution in [1.29, 1.82) is 0 Å². The van der Waals surface area contributed by atoms with E-state index in [-0.39, 0.29) is 0 Å². The average molecular weight is 417 g/mol. The molecule has 0 N–H and O–H groups in total. The van der Waals surface area contributed by atoms with Crippen LogP contribution in [0.3, 0.4) is 0 Å². The lowest BCUT2D eigenvalue weighted by Gasteiger charge is -2.16. The van der Waals surface area contributed by atoms with E-state index in [1.54, 1.807) is 0 Å². The van der Waals surface area contributed by atoms with Gasteiger partial charge in [-0.25, -0.2) is 0 Å². The van der Waals surface area contributed by atoms with Gasteiger partial charge in [-0.3, -0.25) is 0 Å². The largest absolute Gasteiger partial charge is 0.309 e. The van der Waals surface area contributed by atoms with Gasteiger partial charge in [-0.05, 0) is 42.0 Å². The first-order chi connectivity index (χ1) is 10.9. The fraction of sp³-hybridized carbons (Fsp3) is 1.00. The summed E-state index contributed by atoms with van der Waals surface area (Å²) in [6.45, 7) is 7.12. The van der Waals surface area contributed by atoms with Gasteiger partial charge in [-0.1, -0.05) is 0 Å². The SMILES string of the molecule is CC(SCCSCCN(C)C)SC(C)SCCSCCN(C)C. The Kier molecular flexibility index (Phi) is 18.3. The fourth-order valence-electron chi connectivity index (χ4n) is 1.59.